The number of ether oxygens (including phenoxy) is 1. The Morgan fingerprint density at radius 3 is 2.61 bits per heavy atom. The number of nitro groups is 1. The van der Waals surface area contributed by atoms with Gasteiger partial charge in [0, 0.05) is 17.7 Å². The summed E-state index contributed by atoms with van der Waals surface area (Å²) in [6.07, 6.45) is 2.37. The summed E-state index contributed by atoms with van der Waals surface area (Å²) in [4.78, 5) is 32.8. The van der Waals surface area contributed by atoms with Gasteiger partial charge < -0.3 is 10.1 Å². The van der Waals surface area contributed by atoms with Crippen LogP contribution in [0.4, 0.5) is 5.69 Å². The van der Waals surface area contributed by atoms with Gasteiger partial charge in [-0.1, -0.05) is 13.8 Å². The number of hydrogen-bond acceptors (Lipinski definition) is 5. The van der Waals surface area contributed by atoms with Crippen LogP contribution in [-0.2, 0) is 4.79 Å². The summed E-state index contributed by atoms with van der Waals surface area (Å²) < 4.78 is 5.22. The van der Waals surface area contributed by atoms with Gasteiger partial charge in [0.15, 0.2) is 12.4 Å². The first kappa shape index (κ1) is 18.6. The lowest BCUT2D eigenvalue weighted by atomic mass is 10.0. The Bertz CT molecular complexity index is 572. The molecule has 0 saturated carbocycles. The van der Waals surface area contributed by atoms with Crippen molar-refractivity contribution < 1.29 is 19.2 Å². The van der Waals surface area contributed by atoms with Crippen LogP contribution < -0.4 is 10.1 Å². The highest BCUT2D eigenvalue weighted by molar-refractivity contribution is 5.79. The van der Waals surface area contributed by atoms with E-state index in [1.54, 1.807) is 0 Å². The number of aldehydes is 1. The number of nitrogens with zero attached hydrogens (tertiary/aromatic N) is 1. The van der Waals surface area contributed by atoms with Crippen molar-refractivity contribution in [3.63, 3.8) is 0 Å². The van der Waals surface area contributed by atoms with Gasteiger partial charge >= 0.3 is 5.69 Å². The number of hydrogen-bond donors (Lipinski definition) is 1. The van der Waals surface area contributed by atoms with Crippen LogP contribution in [0.1, 0.15) is 44.0 Å². The molecular weight excluding hydrogens is 300 g/mol. The maximum Gasteiger partial charge on any atom is 0.311 e. The molecule has 1 N–H and O–H groups in total. The molecule has 0 aromatic heterocycles. The highest BCUT2D eigenvalue weighted by Crippen LogP contribution is 2.27. The molecule has 0 saturated heterocycles. The van der Waals surface area contributed by atoms with Crippen LogP contribution in [0.15, 0.2) is 18.2 Å². The molecule has 0 aliphatic rings. The molecule has 0 fully saturated rings. The first-order chi connectivity index (χ1) is 10.8. The molecule has 23 heavy (non-hydrogen) atoms. The van der Waals surface area contributed by atoms with Crippen molar-refractivity contribution >= 4 is 17.9 Å². The summed E-state index contributed by atoms with van der Waals surface area (Å²) >= 11 is 0. The summed E-state index contributed by atoms with van der Waals surface area (Å²) in [7, 11) is 0. The number of carbonyl (C=O) groups excluding carboxylic acids is 2. The third kappa shape index (κ3) is 6.46. The van der Waals surface area contributed by atoms with Crippen molar-refractivity contribution in [2.75, 3.05) is 6.61 Å². The van der Waals surface area contributed by atoms with E-state index in [4.69, 9.17) is 4.74 Å². The van der Waals surface area contributed by atoms with E-state index in [2.05, 4.69) is 19.2 Å². The van der Waals surface area contributed by atoms with E-state index in [0.29, 0.717) is 12.2 Å². The third-order valence-corrected chi connectivity index (χ3v) is 3.26. The number of carbonyl (C=O) groups is 2. The van der Waals surface area contributed by atoms with Crippen molar-refractivity contribution in [1.82, 2.24) is 5.32 Å². The van der Waals surface area contributed by atoms with Gasteiger partial charge in [-0.05, 0) is 37.8 Å². The minimum absolute atomic E-state index is 0.0147. The van der Waals surface area contributed by atoms with Crippen molar-refractivity contribution in [2.45, 2.75) is 39.7 Å². The molecule has 1 amide bonds. The molecule has 1 aromatic carbocycles. The van der Waals surface area contributed by atoms with Gasteiger partial charge in [0.25, 0.3) is 5.91 Å². The van der Waals surface area contributed by atoms with Crippen molar-refractivity contribution in [3.05, 3.63) is 33.9 Å². The average molecular weight is 322 g/mol. The number of amides is 1. The summed E-state index contributed by atoms with van der Waals surface area (Å²) in [6.45, 7) is 5.81. The first-order valence-corrected chi connectivity index (χ1v) is 7.49. The summed E-state index contributed by atoms with van der Waals surface area (Å²) in [5, 5.41) is 13.8. The monoisotopic (exact) mass is 322 g/mol. The fraction of sp³-hybridized carbons (Fsp3) is 0.500. The maximum atomic E-state index is 11.8. The largest absolute Gasteiger partial charge is 0.477 e. The van der Waals surface area contributed by atoms with E-state index >= 15 is 0 Å². The standard InChI is InChI=1S/C16H22N2O5/c1-11(2)4-5-12(3)17-16(20)10-23-15-7-6-13(9-19)8-14(15)18(21)22/h6-9,11-12H,4-5,10H2,1-3H3,(H,17,20)/t12-/m0/s1. The van der Waals surface area contributed by atoms with Gasteiger partial charge in [-0.15, -0.1) is 0 Å². The number of nitro benzene ring substituents is 1. The lowest BCUT2D eigenvalue weighted by Gasteiger charge is -2.15. The SMILES string of the molecule is CC(C)CC[C@H](C)NC(=O)COc1ccc(C=O)cc1[N+](=O)[O-]. The quantitative estimate of drug-likeness (QED) is 0.428. The van der Waals surface area contributed by atoms with Crippen molar-refractivity contribution in [2.24, 2.45) is 5.92 Å². The molecule has 1 rings (SSSR count). The Morgan fingerprint density at radius 2 is 2.04 bits per heavy atom. The summed E-state index contributed by atoms with van der Waals surface area (Å²) in [5.41, 5.74) is -0.161. The molecular formula is C16H22N2O5. The minimum atomic E-state index is -0.647. The predicted molar refractivity (Wildman–Crippen MR) is 85.7 cm³/mol. The molecule has 0 spiro atoms. The molecule has 0 aliphatic carbocycles. The fourth-order valence-corrected chi connectivity index (χ4v) is 1.99. The third-order valence-electron chi connectivity index (χ3n) is 3.26. The van der Waals surface area contributed by atoms with Gasteiger partial charge in [-0.2, -0.15) is 0 Å². The smallest absolute Gasteiger partial charge is 0.311 e. The van der Waals surface area contributed by atoms with Crippen molar-refractivity contribution in [1.29, 1.82) is 0 Å². The molecule has 0 aliphatic heterocycles. The Kier molecular flexibility index (Phi) is 7.18. The van der Waals surface area contributed by atoms with E-state index in [1.165, 1.54) is 12.1 Å². The Morgan fingerprint density at radius 1 is 1.35 bits per heavy atom. The molecule has 126 valence electrons. The molecule has 1 aromatic rings. The van der Waals surface area contributed by atoms with Crippen LogP contribution in [-0.4, -0.2) is 29.8 Å². The van der Waals surface area contributed by atoms with Gasteiger partial charge in [-0.3, -0.25) is 19.7 Å². The van der Waals surface area contributed by atoms with Crippen LogP contribution in [0.25, 0.3) is 0 Å². The van der Waals surface area contributed by atoms with E-state index in [1.807, 2.05) is 6.92 Å². The van der Waals surface area contributed by atoms with E-state index in [-0.39, 0.29) is 35.6 Å². The van der Waals surface area contributed by atoms with Crippen molar-refractivity contribution in [3.8, 4) is 5.75 Å². The highest BCUT2D eigenvalue weighted by atomic mass is 16.6. The fourth-order valence-electron chi connectivity index (χ4n) is 1.99. The minimum Gasteiger partial charge on any atom is -0.477 e. The lowest BCUT2D eigenvalue weighted by Crippen LogP contribution is -2.36. The highest BCUT2D eigenvalue weighted by Gasteiger charge is 2.17. The normalized spacial score (nSPS) is 11.8. The predicted octanol–water partition coefficient (Wildman–Crippen LogP) is 2.73. The number of nitrogens with one attached hydrogen (secondary N) is 1. The van der Waals surface area contributed by atoms with Crippen LogP contribution >= 0.6 is 0 Å². The molecule has 0 unspecified atom stereocenters. The molecule has 1 atom stereocenters. The van der Waals surface area contributed by atoms with E-state index < -0.39 is 4.92 Å². The van der Waals surface area contributed by atoms with Crippen LogP contribution in [0, 0.1) is 16.0 Å². The maximum absolute atomic E-state index is 11.8. The zero-order chi connectivity index (χ0) is 17.4. The Balaban J connectivity index is 2.59. The number of rotatable bonds is 9. The second-order valence-corrected chi connectivity index (χ2v) is 5.83. The Hall–Kier alpha value is -2.44. The van der Waals surface area contributed by atoms with Gasteiger partial charge in [0.1, 0.15) is 6.29 Å². The first-order valence-electron chi connectivity index (χ1n) is 7.49. The molecule has 0 bridgehead atoms. The van der Waals surface area contributed by atoms with E-state index in [0.717, 1.165) is 18.9 Å². The molecule has 7 heteroatoms. The second-order valence-electron chi connectivity index (χ2n) is 5.83. The molecule has 7 nitrogen and oxygen atoms in total. The van der Waals surface area contributed by atoms with Crippen LogP contribution in [0.3, 0.4) is 0 Å². The zero-order valence-corrected chi connectivity index (χ0v) is 13.6. The summed E-state index contributed by atoms with van der Waals surface area (Å²) in [6, 6.07) is 3.85. The van der Waals surface area contributed by atoms with Crippen LogP contribution in [0.5, 0.6) is 5.75 Å². The van der Waals surface area contributed by atoms with E-state index in [9.17, 15) is 19.7 Å². The lowest BCUT2D eigenvalue weighted by molar-refractivity contribution is -0.385. The van der Waals surface area contributed by atoms with Gasteiger partial charge in [0.2, 0.25) is 0 Å². The average Bonchev–Trinajstić information content (AvgIpc) is 2.50. The Labute approximate surface area is 135 Å². The summed E-state index contributed by atoms with van der Waals surface area (Å²) in [5.74, 6) is 0.185. The van der Waals surface area contributed by atoms with Crippen LogP contribution in [0.2, 0.25) is 0 Å². The second kappa shape index (κ2) is 8.87. The van der Waals surface area contributed by atoms with Gasteiger partial charge in [-0.25, -0.2) is 0 Å². The van der Waals surface area contributed by atoms with Gasteiger partial charge in [0.05, 0.1) is 4.92 Å². The number of benzene rings is 1. The molecule has 0 heterocycles. The molecule has 0 radical (unpaired) electrons. The zero-order valence-electron chi connectivity index (χ0n) is 13.6. The topological polar surface area (TPSA) is 98.5 Å².